The first-order valence-corrected chi connectivity index (χ1v) is 19.0. The summed E-state index contributed by atoms with van der Waals surface area (Å²) in [5, 5.41) is 2.74. The molecule has 3 aromatic carbocycles. The molecule has 13 heteroatoms. The lowest BCUT2D eigenvalue weighted by atomic mass is 10.0. The number of aromatic nitrogens is 4. The van der Waals surface area contributed by atoms with E-state index in [1.807, 2.05) is 17.0 Å². The van der Waals surface area contributed by atoms with E-state index in [1.54, 1.807) is 23.2 Å². The fraction of sp³-hybridized carbons (Fsp3) is 0.357. The third-order valence-corrected chi connectivity index (χ3v) is 10.9. The molecule has 8 rings (SSSR count). The van der Waals surface area contributed by atoms with Crippen LogP contribution < -0.4 is 5.32 Å². The smallest absolute Gasteiger partial charge is 0.407 e. The third kappa shape index (κ3) is 7.48. The van der Waals surface area contributed by atoms with E-state index in [4.69, 9.17) is 14.5 Å². The van der Waals surface area contributed by atoms with Gasteiger partial charge in [-0.25, -0.2) is 19.2 Å². The highest BCUT2D eigenvalue weighted by Crippen LogP contribution is 2.36. The van der Waals surface area contributed by atoms with E-state index in [0.29, 0.717) is 38.5 Å². The molecule has 0 aliphatic carbocycles. The minimum atomic E-state index is -0.672. The number of carbonyl (C=O) groups is 3. The molecule has 3 aliphatic rings. The number of hydrogen-bond acceptors (Lipinski definition) is 7. The second kappa shape index (κ2) is 15.9. The molecule has 2 saturated heterocycles. The number of amides is 3. The maximum Gasteiger partial charge on any atom is 0.407 e. The van der Waals surface area contributed by atoms with Gasteiger partial charge in [-0.05, 0) is 73.8 Å². The van der Waals surface area contributed by atoms with Crippen molar-refractivity contribution in [1.82, 2.24) is 35.1 Å². The zero-order chi connectivity index (χ0) is 37.9. The van der Waals surface area contributed by atoms with Crippen molar-refractivity contribution in [3.8, 4) is 33.6 Å². The van der Waals surface area contributed by atoms with Crippen LogP contribution in [0.4, 0.5) is 9.18 Å². The Hall–Kier alpha value is -5.82. The number of carbonyl (C=O) groups excluding carboxylic acids is 3. The number of halogens is 1. The molecule has 0 saturated carbocycles. The van der Waals surface area contributed by atoms with Crippen molar-refractivity contribution in [3.63, 3.8) is 0 Å². The van der Waals surface area contributed by atoms with Crippen LogP contribution in [0.1, 0.15) is 84.7 Å². The summed E-state index contributed by atoms with van der Waals surface area (Å²) in [6.45, 7) is 2.03. The molecule has 2 fully saturated rings. The van der Waals surface area contributed by atoms with Crippen molar-refractivity contribution < 1.29 is 28.2 Å². The van der Waals surface area contributed by atoms with Crippen molar-refractivity contribution in [2.45, 2.75) is 69.7 Å². The molecule has 284 valence electrons. The van der Waals surface area contributed by atoms with Gasteiger partial charge in [0.2, 0.25) is 5.91 Å². The summed E-state index contributed by atoms with van der Waals surface area (Å²) in [6, 6.07) is 21.4. The highest BCUT2D eigenvalue weighted by Gasteiger charge is 2.37. The monoisotopic (exact) mass is 745 g/mol. The molecule has 3 amide bonds. The Bertz CT molecular complexity index is 2170. The van der Waals surface area contributed by atoms with Crippen LogP contribution in [0, 0.1) is 5.82 Å². The summed E-state index contributed by atoms with van der Waals surface area (Å²) in [6.07, 6.45) is 6.34. The minimum Gasteiger partial charge on any atom is -0.453 e. The van der Waals surface area contributed by atoms with Crippen LogP contribution in [-0.2, 0) is 20.9 Å². The quantitative estimate of drug-likeness (QED) is 0.165. The van der Waals surface area contributed by atoms with Crippen LogP contribution >= 0.6 is 0 Å². The zero-order valence-electron chi connectivity index (χ0n) is 30.7. The molecular weight excluding hydrogens is 702 g/mol. The fourth-order valence-corrected chi connectivity index (χ4v) is 8.03. The van der Waals surface area contributed by atoms with E-state index in [0.717, 1.165) is 83.7 Å². The maximum atomic E-state index is 14.4. The van der Waals surface area contributed by atoms with Crippen molar-refractivity contribution in [2.75, 3.05) is 26.8 Å². The van der Waals surface area contributed by atoms with Crippen LogP contribution in [0.5, 0.6) is 0 Å². The van der Waals surface area contributed by atoms with E-state index in [1.165, 1.54) is 19.2 Å². The van der Waals surface area contributed by atoms with Gasteiger partial charge in [0.1, 0.15) is 23.5 Å². The average Bonchev–Trinajstić information content (AvgIpc) is 4.05. The van der Waals surface area contributed by atoms with Crippen molar-refractivity contribution in [1.29, 1.82) is 0 Å². The summed E-state index contributed by atoms with van der Waals surface area (Å²) in [7, 11) is 1.30. The number of aromatic amines is 2. The summed E-state index contributed by atoms with van der Waals surface area (Å²) in [5.41, 5.74) is 6.57. The Morgan fingerprint density at radius 1 is 0.836 bits per heavy atom. The topological polar surface area (TPSA) is 146 Å². The fourth-order valence-electron chi connectivity index (χ4n) is 8.03. The van der Waals surface area contributed by atoms with Crippen LogP contribution in [0.25, 0.3) is 33.6 Å². The normalized spacial score (nSPS) is 20.3. The first-order valence-electron chi connectivity index (χ1n) is 19.0. The highest BCUT2D eigenvalue weighted by molar-refractivity contribution is 5.95. The molecule has 5 aromatic rings. The Labute approximate surface area is 318 Å². The van der Waals surface area contributed by atoms with Gasteiger partial charge in [-0.1, -0.05) is 60.7 Å². The van der Waals surface area contributed by atoms with Gasteiger partial charge in [0.25, 0.3) is 5.91 Å². The predicted molar refractivity (Wildman–Crippen MR) is 203 cm³/mol. The molecule has 55 heavy (non-hydrogen) atoms. The second-order valence-corrected chi connectivity index (χ2v) is 14.3. The number of rotatable bonds is 6. The van der Waals surface area contributed by atoms with Crippen molar-refractivity contribution >= 4 is 17.9 Å². The molecule has 3 aliphatic heterocycles. The third-order valence-electron chi connectivity index (χ3n) is 10.9. The lowest BCUT2D eigenvalue weighted by Crippen LogP contribution is -2.48. The molecule has 0 spiro atoms. The average molecular weight is 746 g/mol. The minimum absolute atomic E-state index is 0.0775. The number of likely N-dealkylation sites (tertiary alicyclic amines) is 1. The van der Waals surface area contributed by atoms with E-state index < -0.39 is 18.0 Å². The number of hydrogen-bond donors (Lipinski definition) is 3. The maximum absolute atomic E-state index is 14.4. The largest absolute Gasteiger partial charge is 0.453 e. The van der Waals surface area contributed by atoms with Gasteiger partial charge in [0.15, 0.2) is 0 Å². The first-order chi connectivity index (χ1) is 26.9. The summed E-state index contributed by atoms with van der Waals surface area (Å²) < 4.78 is 25.3. The number of H-pyrrole nitrogens is 2. The number of ether oxygens (including phenoxy) is 2. The first kappa shape index (κ1) is 36.2. The number of fused-ring (bicyclic) bond motifs is 4. The van der Waals surface area contributed by atoms with Crippen LogP contribution in [-0.4, -0.2) is 80.5 Å². The molecule has 2 bridgehead atoms. The van der Waals surface area contributed by atoms with Crippen LogP contribution in [0.3, 0.4) is 0 Å². The Kier molecular flexibility index (Phi) is 10.4. The molecule has 5 heterocycles. The number of nitrogens with zero attached hydrogens (tertiary/aromatic N) is 4. The number of nitrogens with one attached hydrogen (secondary N) is 3. The Morgan fingerprint density at radius 3 is 2.31 bits per heavy atom. The summed E-state index contributed by atoms with van der Waals surface area (Å²) in [4.78, 5) is 59.2. The number of imidazole rings is 2. The van der Waals surface area contributed by atoms with Crippen LogP contribution in [0.2, 0.25) is 0 Å². The molecule has 0 radical (unpaired) electrons. The molecule has 0 unspecified atom stereocenters. The van der Waals surface area contributed by atoms with Gasteiger partial charge in [-0.3, -0.25) is 9.59 Å². The van der Waals surface area contributed by atoms with E-state index in [2.05, 4.69) is 56.7 Å². The SMILES string of the molecule is COC(=O)N[C@H]1CCCCOCc2[nH]c(nc2-c2ccc(-c3ccc(-c4cnc([C@@H]5CCCN5C(=O)c5ccccc5F)[nH]4)cc3)cc2)[C@@H]2CCCN2C1=O. The van der Waals surface area contributed by atoms with Gasteiger partial charge in [-0.15, -0.1) is 0 Å². The number of methoxy groups -OCH3 is 1. The number of benzene rings is 3. The van der Waals surface area contributed by atoms with E-state index in [9.17, 15) is 18.8 Å². The molecule has 3 N–H and O–H groups in total. The molecular formula is C42H44FN7O5. The van der Waals surface area contributed by atoms with Gasteiger partial charge in [-0.2, -0.15) is 0 Å². The Morgan fingerprint density at radius 2 is 1.55 bits per heavy atom. The van der Waals surface area contributed by atoms with Gasteiger partial charge < -0.3 is 34.6 Å². The van der Waals surface area contributed by atoms with Crippen molar-refractivity contribution in [2.24, 2.45) is 0 Å². The Balaban J connectivity index is 0.980. The van der Waals surface area contributed by atoms with Gasteiger partial charge in [0.05, 0.1) is 54.6 Å². The summed E-state index contributed by atoms with van der Waals surface area (Å²) >= 11 is 0. The molecule has 3 atom stereocenters. The number of alkyl carbamates (subject to hydrolysis) is 1. The summed E-state index contributed by atoms with van der Waals surface area (Å²) in [5.74, 6) is 0.451. The van der Waals surface area contributed by atoms with Gasteiger partial charge in [0, 0.05) is 25.3 Å². The molecule has 12 nitrogen and oxygen atoms in total. The van der Waals surface area contributed by atoms with Crippen LogP contribution in [0.15, 0.2) is 79.0 Å². The van der Waals surface area contributed by atoms with E-state index in [-0.39, 0.29) is 29.5 Å². The van der Waals surface area contributed by atoms with E-state index >= 15 is 0 Å². The van der Waals surface area contributed by atoms with Crippen molar-refractivity contribution in [3.05, 3.63) is 108 Å². The second-order valence-electron chi connectivity index (χ2n) is 14.3. The highest BCUT2D eigenvalue weighted by atomic mass is 19.1. The molecule has 2 aromatic heterocycles. The predicted octanol–water partition coefficient (Wildman–Crippen LogP) is 7.34. The zero-order valence-corrected chi connectivity index (χ0v) is 30.7. The lowest BCUT2D eigenvalue weighted by Gasteiger charge is -2.28. The standard InChI is InChI=1S/C42H44FN7O5/c1-54-42(53)47-32-10-4-5-23-55-25-34-37(48-39(46-34)36-12-7-22-50(36)41(32)52)29-19-15-27(16-20-29)26-13-17-28(18-14-26)33-24-44-38(45-33)35-11-6-21-49(35)40(51)30-8-2-3-9-31(30)43/h2-3,8-9,13-20,24,32,35-36H,4-7,10-12,21-23,25H2,1H3,(H,44,45)(H,46,48)(H,47,53)/t32-,35-,36-/m0/s1. The lowest BCUT2D eigenvalue weighted by molar-refractivity contribution is -0.134. The van der Waals surface area contributed by atoms with Gasteiger partial charge >= 0.3 is 6.09 Å².